The predicted octanol–water partition coefficient (Wildman–Crippen LogP) is 2.27. The lowest BCUT2D eigenvalue weighted by Gasteiger charge is -2.37. The van der Waals surface area contributed by atoms with Gasteiger partial charge in [0.15, 0.2) is 5.81 Å². The first-order valence-electron chi connectivity index (χ1n) is 8.51. The summed E-state index contributed by atoms with van der Waals surface area (Å²) in [4.78, 5) is 37.7. The van der Waals surface area contributed by atoms with Crippen molar-refractivity contribution in [1.29, 1.82) is 0 Å². The molecule has 2 amide bonds. The van der Waals surface area contributed by atoms with Crippen LogP contribution in [0.5, 0.6) is 0 Å². The number of amides is 2. The van der Waals surface area contributed by atoms with Gasteiger partial charge in [0.25, 0.3) is 0 Å². The molecule has 1 N–H and O–H groups in total. The van der Waals surface area contributed by atoms with Crippen LogP contribution in [0.2, 0.25) is 0 Å². The van der Waals surface area contributed by atoms with Crippen LogP contribution >= 0.6 is 0 Å². The summed E-state index contributed by atoms with van der Waals surface area (Å²) in [5, 5.41) is 2.53. The molecule has 0 bridgehead atoms. The van der Waals surface area contributed by atoms with Gasteiger partial charge in [-0.1, -0.05) is 40.7 Å². The summed E-state index contributed by atoms with van der Waals surface area (Å²) in [5.41, 5.74) is -0.0719. The summed E-state index contributed by atoms with van der Waals surface area (Å²) < 4.78 is 4.99. The van der Waals surface area contributed by atoms with Crippen molar-refractivity contribution in [3.05, 3.63) is 11.6 Å². The van der Waals surface area contributed by atoms with Gasteiger partial charge in [0.05, 0.1) is 12.6 Å². The maximum Gasteiger partial charge on any atom is 0.333 e. The van der Waals surface area contributed by atoms with Gasteiger partial charge in [-0.3, -0.25) is 9.59 Å². The lowest BCUT2D eigenvalue weighted by Crippen LogP contribution is -2.56. The summed E-state index contributed by atoms with van der Waals surface area (Å²) in [6, 6.07) is -1.09. The van der Waals surface area contributed by atoms with E-state index in [-0.39, 0.29) is 17.9 Å². The zero-order valence-electron chi connectivity index (χ0n) is 16.7. The van der Waals surface area contributed by atoms with E-state index < -0.39 is 23.2 Å². The van der Waals surface area contributed by atoms with Crippen molar-refractivity contribution in [3.8, 4) is 0 Å². The molecule has 0 aromatic heterocycles. The van der Waals surface area contributed by atoms with Gasteiger partial charge in [0.1, 0.15) is 6.04 Å². The average molecular weight is 350 g/mol. The average Bonchev–Trinajstić information content (AvgIpc) is 2.47. The van der Waals surface area contributed by atoms with E-state index in [4.69, 9.17) is 12.6 Å². The highest BCUT2D eigenvalue weighted by Gasteiger charge is 2.36. The molecule has 0 rings (SSSR count). The van der Waals surface area contributed by atoms with E-state index in [1.165, 1.54) is 0 Å². The third-order valence-electron chi connectivity index (χ3n) is 3.90. The Morgan fingerprint density at radius 2 is 1.76 bits per heavy atom. The van der Waals surface area contributed by atoms with Crippen molar-refractivity contribution in [2.45, 2.75) is 60.5 Å². The number of hydrogen-bond donors (Lipinski definition) is 1. The molecule has 25 heavy (non-hydrogen) atoms. The number of esters is 1. The van der Waals surface area contributed by atoms with Crippen LogP contribution in [0.3, 0.4) is 0 Å². The fourth-order valence-electron chi connectivity index (χ4n) is 2.46. The van der Waals surface area contributed by atoms with Gasteiger partial charge >= 0.3 is 5.97 Å². The Morgan fingerprint density at radius 3 is 2.12 bits per heavy atom. The van der Waals surface area contributed by atoms with Crippen molar-refractivity contribution < 1.29 is 19.1 Å². The second-order valence-corrected chi connectivity index (χ2v) is 7.56. The van der Waals surface area contributed by atoms with E-state index in [1.54, 1.807) is 31.9 Å². The van der Waals surface area contributed by atoms with Crippen LogP contribution in [-0.4, -0.2) is 56.2 Å². The van der Waals surface area contributed by atoms with Crippen LogP contribution in [0, 0.1) is 11.3 Å². The van der Waals surface area contributed by atoms with Gasteiger partial charge < -0.3 is 15.0 Å². The molecule has 0 aromatic rings. The Bertz CT molecular complexity index is 524. The highest BCUT2D eigenvalue weighted by molar-refractivity contribution is 6.57. The molecule has 0 heterocycles. The first-order chi connectivity index (χ1) is 11.3. The first-order valence-corrected chi connectivity index (χ1v) is 8.51. The minimum absolute atomic E-state index is 0.0625. The summed E-state index contributed by atoms with van der Waals surface area (Å²) in [5.74, 6) is -1.36. The molecule has 140 valence electrons. The quantitative estimate of drug-likeness (QED) is 0.434. The molecule has 0 spiro atoms. The summed E-state index contributed by atoms with van der Waals surface area (Å²) in [6.07, 6.45) is 1.73. The lowest BCUT2D eigenvalue weighted by atomic mass is 9.84. The van der Waals surface area contributed by atoms with E-state index in [0.29, 0.717) is 12.2 Å². The highest BCUT2D eigenvalue weighted by Crippen LogP contribution is 2.23. The molecule has 0 fully saturated rings. The summed E-state index contributed by atoms with van der Waals surface area (Å²) >= 11 is 0. The predicted molar refractivity (Wildman–Crippen MR) is 99.3 cm³/mol. The SMILES string of the molecule is [B]C(=O)NC(C(=O)N(C)C(/C=C(\C)C(=O)OCC)C(C)C)C(C)(C)C. The summed E-state index contributed by atoms with van der Waals surface area (Å²) in [6.45, 7) is 13.2. The third-order valence-corrected chi connectivity index (χ3v) is 3.90. The number of carbonyl (C=O) groups excluding carboxylic acids is 3. The van der Waals surface area contributed by atoms with Crippen molar-refractivity contribution in [1.82, 2.24) is 10.2 Å². The Kier molecular flexibility index (Phi) is 8.95. The zero-order valence-corrected chi connectivity index (χ0v) is 16.7. The van der Waals surface area contributed by atoms with E-state index in [2.05, 4.69) is 5.32 Å². The first kappa shape index (κ1) is 23.2. The zero-order chi connectivity index (χ0) is 19.9. The molecule has 0 saturated carbocycles. The van der Waals surface area contributed by atoms with Crippen molar-refractivity contribution in [3.63, 3.8) is 0 Å². The topological polar surface area (TPSA) is 75.7 Å². The monoisotopic (exact) mass is 350 g/mol. The van der Waals surface area contributed by atoms with Gasteiger partial charge in [-0.05, 0) is 25.2 Å². The third kappa shape index (κ3) is 7.32. The number of likely N-dealkylation sites (N-methyl/N-ethyl adjacent to an activating group) is 1. The van der Waals surface area contributed by atoms with E-state index in [0.717, 1.165) is 0 Å². The molecule has 7 heteroatoms. The fourth-order valence-corrected chi connectivity index (χ4v) is 2.46. The van der Waals surface area contributed by atoms with E-state index in [1.807, 2.05) is 34.6 Å². The molecule has 0 aromatic carbocycles. The van der Waals surface area contributed by atoms with Crippen LogP contribution < -0.4 is 5.32 Å². The Hall–Kier alpha value is -1.79. The van der Waals surface area contributed by atoms with E-state index in [9.17, 15) is 14.4 Å². The molecule has 6 nitrogen and oxygen atoms in total. The van der Waals surface area contributed by atoms with Crippen molar-refractivity contribution >= 4 is 25.5 Å². The van der Waals surface area contributed by atoms with Crippen LogP contribution in [0.4, 0.5) is 4.79 Å². The van der Waals surface area contributed by atoms with Gasteiger partial charge in [-0.25, -0.2) is 4.79 Å². The number of nitrogens with one attached hydrogen (secondary N) is 1. The summed E-state index contributed by atoms with van der Waals surface area (Å²) in [7, 11) is 6.88. The Labute approximate surface area is 152 Å². The number of hydrogen-bond acceptors (Lipinski definition) is 4. The minimum Gasteiger partial charge on any atom is -0.463 e. The van der Waals surface area contributed by atoms with Crippen molar-refractivity contribution in [2.24, 2.45) is 11.3 Å². The molecule has 0 aliphatic carbocycles. The molecule has 2 unspecified atom stereocenters. The van der Waals surface area contributed by atoms with Crippen LogP contribution in [0.1, 0.15) is 48.5 Å². The Balaban J connectivity index is 5.61. The highest BCUT2D eigenvalue weighted by atomic mass is 16.5. The van der Waals surface area contributed by atoms with Gasteiger partial charge in [-0.2, -0.15) is 0 Å². The molecular formula is C18H31BN2O4. The van der Waals surface area contributed by atoms with Gasteiger partial charge in [-0.15, -0.1) is 0 Å². The minimum atomic E-state index is -0.771. The number of nitrogens with zero attached hydrogens (tertiary/aromatic N) is 1. The smallest absolute Gasteiger partial charge is 0.333 e. The van der Waals surface area contributed by atoms with Crippen LogP contribution in [0.25, 0.3) is 0 Å². The molecule has 2 atom stereocenters. The molecule has 0 saturated heterocycles. The second-order valence-electron chi connectivity index (χ2n) is 7.56. The van der Waals surface area contributed by atoms with Crippen LogP contribution in [-0.2, 0) is 14.3 Å². The normalized spacial score (nSPS) is 14.7. The second kappa shape index (κ2) is 9.63. The van der Waals surface area contributed by atoms with Gasteiger partial charge in [0.2, 0.25) is 13.8 Å². The maximum absolute atomic E-state index is 13.0. The number of carbonyl (C=O) groups is 3. The largest absolute Gasteiger partial charge is 0.463 e. The number of rotatable bonds is 7. The van der Waals surface area contributed by atoms with Gasteiger partial charge in [0, 0.05) is 12.6 Å². The Morgan fingerprint density at radius 1 is 1.24 bits per heavy atom. The van der Waals surface area contributed by atoms with Crippen LogP contribution in [0.15, 0.2) is 11.6 Å². The number of ether oxygens (including phenoxy) is 1. The maximum atomic E-state index is 13.0. The lowest BCUT2D eigenvalue weighted by molar-refractivity contribution is -0.139. The molecule has 2 radical (unpaired) electrons. The van der Waals surface area contributed by atoms with Crippen molar-refractivity contribution in [2.75, 3.05) is 13.7 Å². The fraction of sp³-hybridized carbons (Fsp3) is 0.722. The molecule has 0 aliphatic heterocycles. The van der Waals surface area contributed by atoms with E-state index >= 15 is 0 Å². The standard InChI is InChI=1S/C18H31BN2O4/c1-9-25-16(23)12(4)10-13(11(2)3)21(8)15(22)14(18(5,6)7)20-17(19)24/h10-11,13-14H,9H2,1-8H3,(H,20,24)/b12-10+. The molecular weight excluding hydrogens is 319 g/mol. The molecule has 0 aliphatic rings.